The Kier molecular flexibility index (Phi) is 7.03. The molecule has 0 bridgehead atoms. The molecule has 0 fully saturated rings. The molecule has 4 N–H and O–H groups in total. The summed E-state index contributed by atoms with van der Waals surface area (Å²) in [5, 5.41) is 12.2. The lowest BCUT2D eigenvalue weighted by Crippen LogP contribution is -2.20. The average Bonchev–Trinajstić information content (AvgIpc) is 3.03. The third-order valence-electron chi connectivity index (χ3n) is 4.60. The molecule has 9 nitrogen and oxygen atoms in total. The van der Waals surface area contributed by atoms with Gasteiger partial charge in [0.25, 0.3) is 5.91 Å². The van der Waals surface area contributed by atoms with Gasteiger partial charge < -0.3 is 20.5 Å². The molecule has 176 valence electrons. The number of halogens is 3. The molecule has 1 aromatic carbocycles. The molecule has 33 heavy (non-hydrogen) atoms. The van der Waals surface area contributed by atoms with Crippen LogP contribution in [0.25, 0.3) is 0 Å². The van der Waals surface area contributed by atoms with E-state index >= 15 is 0 Å². The number of carbonyl (C=O) groups is 1. The number of aryl methyl sites for hydroxylation is 2. The SMILES string of the molecule is CNC(=O)c1ccc(CS(=O)O)cc1Nc1cc(Nc2cn(C)nc2C)ncc1C(F)(F)F. The summed E-state index contributed by atoms with van der Waals surface area (Å²) in [7, 11) is 3.09. The fourth-order valence-electron chi connectivity index (χ4n) is 3.12. The fourth-order valence-corrected chi connectivity index (χ4v) is 3.58. The first-order valence-corrected chi connectivity index (χ1v) is 10.8. The van der Waals surface area contributed by atoms with Gasteiger partial charge in [0.05, 0.1) is 39.6 Å². The van der Waals surface area contributed by atoms with Gasteiger partial charge in [-0.05, 0) is 24.6 Å². The van der Waals surface area contributed by atoms with E-state index in [9.17, 15) is 22.2 Å². The van der Waals surface area contributed by atoms with Crippen LogP contribution in [0.1, 0.15) is 27.2 Å². The molecule has 0 aliphatic rings. The van der Waals surface area contributed by atoms with Gasteiger partial charge in [-0.2, -0.15) is 18.3 Å². The number of benzene rings is 1. The minimum absolute atomic E-state index is 0.0394. The van der Waals surface area contributed by atoms with E-state index in [0.717, 1.165) is 0 Å². The molecule has 1 unspecified atom stereocenters. The Morgan fingerprint density at radius 3 is 2.48 bits per heavy atom. The zero-order valence-corrected chi connectivity index (χ0v) is 18.6. The van der Waals surface area contributed by atoms with Crippen LogP contribution in [-0.4, -0.2) is 36.5 Å². The number of nitrogens with zero attached hydrogens (tertiary/aromatic N) is 3. The Morgan fingerprint density at radius 2 is 1.91 bits per heavy atom. The first-order valence-electron chi connectivity index (χ1n) is 9.52. The number of anilines is 4. The summed E-state index contributed by atoms with van der Waals surface area (Å²) in [6.07, 6.45) is -2.39. The molecule has 0 aliphatic carbocycles. The second-order valence-electron chi connectivity index (χ2n) is 7.09. The highest BCUT2D eigenvalue weighted by Gasteiger charge is 2.34. The van der Waals surface area contributed by atoms with Gasteiger partial charge in [-0.25, -0.2) is 9.19 Å². The molecule has 0 aliphatic heterocycles. The van der Waals surface area contributed by atoms with Crippen LogP contribution in [-0.2, 0) is 30.1 Å². The highest BCUT2D eigenvalue weighted by atomic mass is 32.2. The molecule has 13 heteroatoms. The van der Waals surface area contributed by atoms with E-state index in [1.807, 2.05) is 0 Å². The van der Waals surface area contributed by atoms with Gasteiger partial charge in [0.2, 0.25) is 0 Å². The molecule has 1 atom stereocenters. The molecule has 3 aromatic rings. The van der Waals surface area contributed by atoms with Crippen molar-refractivity contribution in [3.8, 4) is 0 Å². The summed E-state index contributed by atoms with van der Waals surface area (Å²) in [6.45, 7) is 1.73. The summed E-state index contributed by atoms with van der Waals surface area (Å²) in [4.78, 5) is 16.1. The van der Waals surface area contributed by atoms with Crippen molar-refractivity contribution in [3.63, 3.8) is 0 Å². The van der Waals surface area contributed by atoms with Crippen molar-refractivity contribution in [2.24, 2.45) is 7.05 Å². The maximum absolute atomic E-state index is 13.7. The number of amides is 1. The van der Waals surface area contributed by atoms with Crippen LogP contribution in [0, 0.1) is 6.92 Å². The predicted molar refractivity (Wildman–Crippen MR) is 118 cm³/mol. The summed E-state index contributed by atoms with van der Waals surface area (Å²) in [5.41, 5.74) is 0.251. The van der Waals surface area contributed by atoms with Crippen molar-refractivity contribution in [2.75, 3.05) is 17.7 Å². The number of alkyl halides is 3. The molecule has 0 saturated carbocycles. The molecule has 0 spiro atoms. The number of aromatic nitrogens is 3. The largest absolute Gasteiger partial charge is 0.419 e. The van der Waals surface area contributed by atoms with Gasteiger partial charge in [0.15, 0.2) is 11.1 Å². The van der Waals surface area contributed by atoms with Crippen LogP contribution in [0.2, 0.25) is 0 Å². The van der Waals surface area contributed by atoms with Crippen LogP contribution in [0.5, 0.6) is 0 Å². The van der Waals surface area contributed by atoms with Gasteiger partial charge in [-0.3, -0.25) is 9.48 Å². The number of hydrogen-bond acceptors (Lipinski definition) is 6. The monoisotopic (exact) mass is 482 g/mol. The quantitative estimate of drug-likeness (QED) is 0.379. The van der Waals surface area contributed by atoms with Gasteiger partial charge in [-0.1, -0.05) is 6.07 Å². The molecule has 2 heterocycles. The van der Waals surface area contributed by atoms with Crippen molar-refractivity contribution in [2.45, 2.75) is 18.9 Å². The van der Waals surface area contributed by atoms with Crippen LogP contribution >= 0.6 is 0 Å². The van der Waals surface area contributed by atoms with Crippen molar-refractivity contribution < 1.29 is 26.7 Å². The third kappa shape index (κ3) is 5.87. The lowest BCUT2D eigenvalue weighted by Gasteiger charge is -2.18. The van der Waals surface area contributed by atoms with Gasteiger partial charge >= 0.3 is 6.18 Å². The van der Waals surface area contributed by atoms with Gasteiger partial charge in [-0.15, -0.1) is 0 Å². The lowest BCUT2D eigenvalue weighted by atomic mass is 10.1. The highest BCUT2D eigenvalue weighted by molar-refractivity contribution is 7.78. The lowest BCUT2D eigenvalue weighted by molar-refractivity contribution is -0.137. The number of hydrogen-bond donors (Lipinski definition) is 4. The first-order chi connectivity index (χ1) is 15.5. The van der Waals surface area contributed by atoms with Gasteiger partial charge in [0, 0.05) is 32.6 Å². The van der Waals surface area contributed by atoms with Crippen molar-refractivity contribution >= 4 is 39.9 Å². The summed E-state index contributed by atoms with van der Waals surface area (Å²) in [6, 6.07) is 5.35. The minimum atomic E-state index is -4.73. The van der Waals surface area contributed by atoms with E-state index in [2.05, 4.69) is 26.0 Å². The standard InChI is InChI=1S/C20H21F3N6O3S/c1-11-17(9-29(3)28-11)27-18-7-16(14(8-25-18)20(21,22)23)26-15-6-12(10-33(31)32)4-5-13(15)19(30)24-2/h4-9H,10H2,1-3H3,(H,24,30)(H,31,32)(H2,25,26,27). The van der Waals surface area contributed by atoms with Crippen molar-refractivity contribution in [1.29, 1.82) is 0 Å². The van der Waals surface area contributed by atoms with Gasteiger partial charge in [0.1, 0.15) is 5.82 Å². The smallest absolute Gasteiger partial charge is 0.355 e. The average molecular weight is 482 g/mol. The molecular formula is C20H21F3N6O3S. The Bertz CT molecular complexity index is 1210. The van der Waals surface area contributed by atoms with E-state index in [-0.39, 0.29) is 28.5 Å². The number of rotatable bonds is 7. The molecule has 2 aromatic heterocycles. The predicted octanol–water partition coefficient (Wildman–Crippen LogP) is 3.71. The molecule has 0 saturated heterocycles. The topological polar surface area (TPSA) is 121 Å². The van der Waals surface area contributed by atoms with Crippen LogP contribution in [0.3, 0.4) is 0 Å². The third-order valence-corrected chi connectivity index (χ3v) is 5.18. The molecule has 3 rings (SSSR count). The maximum Gasteiger partial charge on any atom is 0.419 e. The van der Waals surface area contributed by atoms with E-state index in [4.69, 9.17) is 4.55 Å². The van der Waals surface area contributed by atoms with E-state index < -0.39 is 28.7 Å². The summed E-state index contributed by atoms with van der Waals surface area (Å²) < 4.78 is 63.0. The number of nitrogens with one attached hydrogen (secondary N) is 3. The second-order valence-corrected chi connectivity index (χ2v) is 8.02. The van der Waals surface area contributed by atoms with Crippen molar-refractivity contribution in [3.05, 3.63) is 59.0 Å². The zero-order valence-electron chi connectivity index (χ0n) is 17.8. The zero-order chi connectivity index (χ0) is 24.3. The van der Waals surface area contributed by atoms with Crippen LogP contribution in [0.4, 0.5) is 36.1 Å². The van der Waals surface area contributed by atoms with Crippen molar-refractivity contribution in [1.82, 2.24) is 20.1 Å². The number of carbonyl (C=O) groups excluding carboxylic acids is 1. The molecule has 1 amide bonds. The molecule has 0 radical (unpaired) electrons. The Morgan fingerprint density at radius 1 is 1.18 bits per heavy atom. The minimum Gasteiger partial charge on any atom is -0.355 e. The summed E-state index contributed by atoms with van der Waals surface area (Å²) >= 11 is -2.17. The summed E-state index contributed by atoms with van der Waals surface area (Å²) in [5.74, 6) is -0.671. The number of pyridine rings is 1. The Balaban J connectivity index is 2.07. The molecular weight excluding hydrogens is 461 g/mol. The van der Waals surface area contributed by atoms with E-state index in [1.54, 1.807) is 24.9 Å². The fraction of sp³-hybridized carbons (Fsp3) is 0.250. The van der Waals surface area contributed by atoms with E-state index in [1.165, 1.54) is 31.3 Å². The Hall–Kier alpha value is -3.45. The highest BCUT2D eigenvalue weighted by Crippen LogP contribution is 2.38. The van der Waals surface area contributed by atoms with E-state index in [0.29, 0.717) is 23.1 Å². The first kappa shape index (κ1) is 24.2. The second kappa shape index (κ2) is 9.58. The maximum atomic E-state index is 13.7. The normalized spacial score (nSPS) is 12.3. The van der Waals surface area contributed by atoms with Crippen LogP contribution < -0.4 is 16.0 Å². The Labute approximate surface area is 189 Å². The van der Waals surface area contributed by atoms with Crippen LogP contribution in [0.15, 0.2) is 36.7 Å².